The van der Waals surface area contributed by atoms with Crippen molar-refractivity contribution in [3.63, 3.8) is 0 Å². The molecule has 0 radical (unpaired) electrons. The second-order valence-corrected chi connectivity index (χ2v) is 13.7. The van der Waals surface area contributed by atoms with Crippen molar-refractivity contribution in [2.75, 3.05) is 31.2 Å². The zero-order valence-electron chi connectivity index (χ0n) is 29.6. The first-order valence-corrected chi connectivity index (χ1v) is 18.0. The second-order valence-electron chi connectivity index (χ2n) is 13.7. The van der Waals surface area contributed by atoms with Crippen LogP contribution in [0.25, 0.3) is 17.0 Å². The van der Waals surface area contributed by atoms with Gasteiger partial charge in [0.1, 0.15) is 22.7 Å². The summed E-state index contributed by atoms with van der Waals surface area (Å²) in [6.45, 7) is 5.02. The Balaban J connectivity index is 1.05. The molecule has 0 bridgehead atoms. The highest BCUT2D eigenvalue weighted by Gasteiger charge is 2.22. The Morgan fingerprint density at radius 1 is 1.00 bits per heavy atom. The van der Waals surface area contributed by atoms with Crippen LogP contribution in [0, 0.1) is 18.6 Å². The van der Waals surface area contributed by atoms with Gasteiger partial charge in [-0.3, -0.25) is 14.3 Å². The molecule has 52 heavy (non-hydrogen) atoms. The van der Waals surface area contributed by atoms with Crippen LogP contribution in [0.4, 0.5) is 14.5 Å². The number of aromatic nitrogens is 4. The molecule has 5 aromatic rings. The number of halogens is 2. The first-order valence-electron chi connectivity index (χ1n) is 18.0. The van der Waals surface area contributed by atoms with Gasteiger partial charge in [-0.2, -0.15) is 0 Å². The van der Waals surface area contributed by atoms with Crippen molar-refractivity contribution in [1.82, 2.24) is 19.3 Å². The number of morpholine rings is 1. The molecule has 270 valence electrons. The van der Waals surface area contributed by atoms with Gasteiger partial charge in [0.25, 0.3) is 5.56 Å². The Morgan fingerprint density at radius 3 is 2.50 bits per heavy atom. The van der Waals surface area contributed by atoms with Crippen molar-refractivity contribution < 1.29 is 23.0 Å². The van der Waals surface area contributed by atoms with Crippen molar-refractivity contribution in [2.45, 2.75) is 64.5 Å². The van der Waals surface area contributed by atoms with Gasteiger partial charge in [-0.1, -0.05) is 30.4 Å². The van der Waals surface area contributed by atoms with Crippen molar-refractivity contribution in [3.05, 3.63) is 123 Å². The number of carbonyl (C=O) groups is 1. The minimum absolute atomic E-state index is 0.0153. The quantitative estimate of drug-likeness (QED) is 0.127. The van der Waals surface area contributed by atoms with E-state index >= 15 is 0 Å². The lowest BCUT2D eigenvalue weighted by atomic mass is 10.1. The van der Waals surface area contributed by atoms with Crippen LogP contribution in [0.1, 0.15) is 77.1 Å². The SMILES string of the molecule is Cc1c(C(=O)CC/C=C/c2cc(OC3CCCC3)c3nc(Cc4ccc(N5CCOCC5)cc4)ncc3c2)c(=O)n(Cc2ccc(F)c(F)c2)n1C. The highest BCUT2D eigenvalue weighted by atomic mass is 19.2. The molecule has 11 heteroatoms. The molecule has 1 saturated heterocycles. The van der Waals surface area contributed by atoms with Crippen molar-refractivity contribution in [1.29, 1.82) is 0 Å². The molecule has 1 aliphatic heterocycles. The third kappa shape index (κ3) is 7.84. The fourth-order valence-electron chi connectivity index (χ4n) is 7.09. The summed E-state index contributed by atoms with van der Waals surface area (Å²) in [5, 5.41) is 0.874. The molecule has 0 amide bonds. The van der Waals surface area contributed by atoms with Gasteiger partial charge >= 0.3 is 0 Å². The summed E-state index contributed by atoms with van der Waals surface area (Å²) in [6, 6.07) is 16.1. The van der Waals surface area contributed by atoms with E-state index in [1.54, 1.807) is 18.7 Å². The molecule has 0 atom stereocenters. The molecular weight excluding hydrogens is 664 g/mol. The Kier molecular flexibility index (Phi) is 10.6. The fraction of sp³-hybridized carbons (Fsp3) is 0.366. The highest BCUT2D eigenvalue weighted by Crippen LogP contribution is 2.31. The first-order chi connectivity index (χ1) is 25.2. The number of nitrogens with zero attached hydrogens (tertiary/aromatic N) is 5. The zero-order chi connectivity index (χ0) is 36.2. The summed E-state index contributed by atoms with van der Waals surface area (Å²) in [4.78, 5) is 38.6. The van der Waals surface area contributed by atoms with E-state index in [0.29, 0.717) is 24.1 Å². The molecule has 9 nitrogen and oxygen atoms in total. The molecule has 0 spiro atoms. The lowest BCUT2D eigenvalue weighted by Crippen LogP contribution is -2.36. The van der Waals surface area contributed by atoms with Crippen molar-refractivity contribution in [2.24, 2.45) is 7.05 Å². The van der Waals surface area contributed by atoms with Crippen LogP contribution in [-0.2, 0) is 24.8 Å². The summed E-state index contributed by atoms with van der Waals surface area (Å²) in [6.07, 6.45) is 11.4. The van der Waals surface area contributed by atoms with E-state index < -0.39 is 17.2 Å². The van der Waals surface area contributed by atoms with Gasteiger partial charge in [0, 0.05) is 55.9 Å². The van der Waals surface area contributed by atoms with Gasteiger partial charge in [0.15, 0.2) is 17.4 Å². The number of Topliss-reactive ketones (excluding diaryl/α,β-unsaturated/α-hetero) is 1. The van der Waals surface area contributed by atoms with Crippen LogP contribution < -0.4 is 15.2 Å². The first kappa shape index (κ1) is 35.3. The molecular formula is C41H43F2N5O4. The second kappa shape index (κ2) is 15.6. The Morgan fingerprint density at radius 2 is 1.75 bits per heavy atom. The van der Waals surface area contributed by atoms with Crippen LogP contribution in [0.3, 0.4) is 0 Å². The van der Waals surface area contributed by atoms with Gasteiger partial charge in [0.2, 0.25) is 0 Å². The van der Waals surface area contributed by atoms with E-state index in [-0.39, 0.29) is 30.4 Å². The number of rotatable bonds is 12. The van der Waals surface area contributed by atoms with E-state index in [1.807, 2.05) is 30.5 Å². The number of carbonyl (C=O) groups excluding carboxylic acids is 1. The summed E-state index contributed by atoms with van der Waals surface area (Å²) < 4.78 is 42.2. The van der Waals surface area contributed by atoms with E-state index in [1.165, 1.54) is 16.4 Å². The van der Waals surface area contributed by atoms with Crippen LogP contribution in [-0.4, -0.2) is 57.5 Å². The van der Waals surface area contributed by atoms with Crippen molar-refractivity contribution in [3.8, 4) is 5.75 Å². The van der Waals surface area contributed by atoms with Crippen LogP contribution in [0.5, 0.6) is 5.75 Å². The van der Waals surface area contributed by atoms with Gasteiger partial charge in [-0.15, -0.1) is 0 Å². The smallest absolute Gasteiger partial charge is 0.278 e. The molecule has 2 aromatic heterocycles. The number of anilines is 1. The number of hydrogen-bond donors (Lipinski definition) is 0. The average molecular weight is 708 g/mol. The third-order valence-corrected chi connectivity index (χ3v) is 10.1. The average Bonchev–Trinajstić information content (AvgIpc) is 3.74. The minimum Gasteiger partial charge on any atom is -0.488 e. The molecule has 1 aliphatic carbocycles. The Bertz CT molecular complexity index is 2160. The van der Waals surface area contributed by atoms with E-state index in [0.717, 1.165) is 97.7 Å². The van der Waals surface area contributed by atoms with E-state index in [2.05, 4.69) is 29.2 Å². The van der Waals surface area contributed by atoms with Gasteiger partial charge in [-0.05, 0) is 92.1 Å². The topological polar surface area (TPSA) is 91.5 Å². The molecule has 2 fully saturated rings. The predicted octanol–water partition coefficient (Wildman–Crippen LogP) is 7.19. The summed E-state index contributed by atoms with van der Waals surface area (Å²) in [5.41, 5.74) is 4.63. The number of hydrogen-bond acceptors (Lipinski definition) is 7. The Hall–Kier alpha value is -5.16. The minimum atomic E-state index is -0.984. The Labute approximate surface area is 301 Å². The standard InChI is InChI=1S/C41H43F2N5O4/c1-27-39(41(50)48(46(27)2)26-30-13-16-34(42)35(43)22-30)36(49)10-6-3-7-29-21-31-25-44-38(45-40(31)37(23-29)52-33-8-4-5-9-33)24-28-11-14-32(15-12-28)47-17-19-51-20-18-47/h3,7,11-16,21-23,25,33H,4-6,8-10,17-20,24,26H2,1-2H3/b7-3+. The maximum Gasteiger partial charge on any atom is 0.278 e. The molecule has 3 aromatic carbocycles. The predicted molar refractivity (Wildman–Crippen MR) is 197 cm³/mol. The van der Waals surface area contributed by atoms with Crippen LogP contribution in [0.15, 0.2) is 71.7 Å². The number of fused-ring (bicyclic) bond motifs is 1. The summed E-state index contributed by atoms with van der Waals surface area (Å²) in [7, 11) is 1.68. The molecule has 0 unspecified atom stereocenters. The van der Waals surface area contributed by atoms with Crippen LogP contribution >= 0.6 is 0 Å². The third-order valence-electron chi connectivity index (χ3n) is 10.1. The summed E-state index contributed by atoms with van der Waals surface area (Å²) in [5.74, 6) is -0.754. The van der Waals surface area contributed by atoms with Gasteiger partial charge in [-0.25, -0.2) is 23.4 Å². The lowest BCUT2D eigenvalue weighted by molar-refractivity contribution is 0.0982. The van der Waals surface area contributed by atoms with E-state index in [9.17, 15) is 18.4 Å². The maximum atomic E-state index is 13.8. The number of ketones is 1. The lowest BCUT2D eigenvalue weighted by Gasteiger charge is -2.28. The number of benzene rings is 3. The van der Waals surface area contributed by atoms with Gasteiger partial charge in [0.05, 0.1) is 25.9 Å². The van der Waals surface area contributed by atoms with Gasteiger partial charge < -0.3 is 14.4 Å². The van der Waals surface area contributed by atoms with E-state index in [4.69, 9.17) is 19.4 Å². The highest BCUT2D eigenvalue weighted by molar-refractivity contribution is 5.97. The zero-order valence-corrected chi connectivity index (χ0v) is 29.6. The van der Waals surface area contributed by atoms with Crippen molar-refractivity contribution >= 4 is 28.4 Å². The largest absolute Gasteiger partial charge is 0.488 e. The fourth-order valence-corrected chi connectivity index (χ4v) is 7.09. The monoisotopic (exact) mass is 707 g/mol. The molecule has 2 aliphatic rings. The number of ether oxygens (including phenoxy) is 2. The normalized spacial score (nSPS) is 15.3. The summed E-state index contributed by atoms with van der Waals surface area (Å²) >= 11 is 0. The number of allylic oxidation sites excluding steroid dienone is 1. The maximum absolute atomic E-state index is 13.8. The van der Waals surface area contributed by atoms with Crippen LogP contribution in [0.2, 0.25) is 0 Å². The molecule has 7 rings (SSSR count). The molecule has 3 heterocycles. The molecule has 1 saturated carbocycles. The molecule has 0 N–H and O–H groups in total.